The summed E-state index contributed by atoms with van der Waals surface area (Å²) in [4.78, 5) is 0. The molecule has 2 heteroatoms. The normalized spacial score (nSPS) is 9.50. The van der Waals surface area contributed by atoms with Gasteiger partial charge in [-0.15, -0.1) is 6.42 Å². The number of rotatable bonds is 2. The number of benzene rings is 2. The van der Waals surface area contributed by atoms with E-state index in [0.29, 0.717) is 5.75 Å². The van der Waals surface area contributed by atoms with Crippen molar-refractivity contribution >= 4 is 0 Å². The Bertz CT molecular complexity index is 523. The smallest absolute Gasteiger partial charge is 0.165 e. The van der Waals surface area contributed by atoms with Crippen molar-refractivity contribution in [1.29, 1.82) is 0 Å². The van der Waals surface area contributed by atoms with Gasteiger partial charge in [-0.3, -0.25) is 0 Å². The minimum atomic E-state index is -0.386. The molecule has 0 saturated carbocycles. The van der Waals surface area contributed by atoms with Gasteiger partial charge in [0.25, 0.3) is 0 Å². The van der Waals surface area contributed by atoms with Crippen LogP contribution in [0.25, 0.3) is 0 Å². The van der Waals surface area contributed by atoms with Crippen LogP contribution in [0.2, 0.25) is 0 Å². The Kier molecular flexibility index (Phi) is 2.88. The minimum absolute atomic E-state index is 0.205. The largest absolute Gasteiger partial charge is 0.454 e. The number of hydrogen-bond donors (Lipinski definition) is 0. The average molecular weight is 212 g/mol. The van der Waals surface area contributed by atoms with E-state index in [1.807, 2.05) is 0 Å². The van der Waals surface area contributed by atoms with Crippen LogP contribution >= 0.6 is 0 Å². The number of ether oxygens (including phenoxy) is 1. The van der Waals surface area contributed by atoms with Gasteiger partial charge in [-0.05, 0) is 36.4 Å². The first-order valence-electron chi connectivity index (χ1n) is 4.78. The molecule has 0 heterocycles. The lowest BCUT2D eigenvalue weighted by Gasteiger charge is -2.06. The van der Waals surface area contributed by atoms with Crippen molar-refractivity contribution in [3.05, 3.63) is 59.9 Å². The van der Waals surface area contributed by atoms with Crippen LogP contribution in [-0.2, 0) is 0 Å². The first kappa shape index (κ1) is 10.3. The Morgan fingerprint density at radius 1 is 1.00 bits per heavy atom. The van der Waals surface area contributed by atoms with Crippen molar-refractivity contribution < 1.29 is 9.13 Å². The third-order valence-electron chi connectivity index (χ3n) is 2.09. The topological polar surface area (TPSA) is 9.23 Å². The van der Waals surface area contributed by atoms with Crippen LogP contribution in [0.4, 0.5) is 4.39 Å². The molecule has 0 bridgehead atoms. The van der Waals surface area contributed by atoms with E-state index in [1.54, 1.807) is 42.5 Å². The van der Waals surface area contributed by atoms with Crippen LogP contribution in [0, 0.1) is 18.2 Å². The van der Waals surface area contributed by atoms with Crippen molar-refractivity contribution in [3.8, 4) is 23.8 Å². The molecule has 0 radical (unpaired) electrons. The van der Waals surface area contributed by atoms with E-state index in [0.717, 1.165) is 5.56 Å². The van der Waals surface area contributed by atoms with Crippen molar-refractivity contribution in [2.45, 2.75) is 0 Å². The summed E-state index contributed by atoms with van der Waals surface area (Å²) in [6.07, 6.45) is 5.23. The van der Waals surface area contributed by atoms with Crippen LogP contribution in [0.3, 0.4) is 0 Å². The number of hydrogen-bond acceptors (Lipinski definition) is 1. The zero-order chi connectivity index (χ0) is 11.4. The molecule has 0 aliphatic carbocycles. The molecule has 0 aromatic heterocycles. The lowest BCUT2D eigenvalue weighted by atomic mass is 10.2. The summed E-state index contributed by atoms with van der Waals surface area (Å²) < 4.78 is 18.6. The quantitative estimate of drug-likeness (QED) is 0.691. The van der Waals surface area contributed by atoms with Gasteiger partial charge in [0.1, 0.15) is 5.75 Å². The molecular weight excluding hydrogens is 203 g/mol. The summed E-state index contributed by atoms with van der Waals surface area (Å²) in [6, 6.07) is 13.2. The van der Waals surface area contributed by atoms with Crippen LogP contribution in [0.5, 0.6) is 11.5 Å². The molecule has 0 spiro atoms. The predicted octanol–water partition coefficient (Wildman–Crippen LogP) is 3.60. The van der Waals surface area contributed by atoms with Gasteiger partial charge in [-0.2, -0.15) is 0 Å². The molecule has 2 rings (SSSR count). The summed E-state index contributed by atoms with van der Waals surface area (Å²) in [6.45, 7) is 0. The fourth-order valence-electron chi connectivity index (χ4n) is 1.27. The highest BCUT2D eigenvalue weighted by Gasteiger charge is 2.02. The van der Waals surface area contributed by atoms with Crippen LogP contribution < -0.4 is 4.74 Å². The standard InChI is InChI=1S/C14H9FO/c1-2-11-7-9-12(10-8-11)16-14-6-4-3-5-13(14)15/h1,3-10H. The second-order valence-corrected chi connectivity index (χ2v) is 3.20. The summed E-state index contributed by atoms with van der Waals surface area (Å²) in [5, 5.41) is 0. The predicted molar refractivity (Wildman–Crippen MR) is 60.9 cm³/mol. The average Bonchev–Trinajstić information content (AvgIpc) is 2.33. The highest BCUT2D eigenvalue weighted by Crippen LogP contribution is 2.23. The molecule has 2 aromatic carbocycles. The van der Waals surface area contributed by atoms with E-state index in [2.05, 4.69) is 5.92 Å². The van der Waals surface area contributed by atoms with E-state index in [1.165, 1.54) is 6.07 Å². The van der Waals surface area contributed by atoms with Gasteiger partial charge >= 0.3 is 0 Å². The van der Waals surface area contributed by atoms with Crippen molar-refractivity contribution in [1.82, 2.24) is 0 Å². The summed E-state index contributed by atoms with van der Waals surface area (Å²) in [7, 11) is 0. The van der Waals surface area contributed by atoms with Gasteiger partial charge in [0.05, 0.1) is 0 Å². The molecule has 0 amide bonds. The van der Waals surface area contributed by atoms with E-state index in [9.17, 15) is 4.39 Å². The lowest BCUT2D eigenvalue weighted by molar-refractivity contribution is 0.442. The van der Waals surface area contributed by atoms with Gasteiger partial charge in [0.15, 0.2) is 11.6 Å². The molecule has 0 saturated heterocycles. The summed E-state index contributed by atoms with van der Waals surface area (Å²) in [5.41, 5.74) is 0.765. The fraction of sp³-hybridized carbons (Fsp3) is 0. The Balaban J connectivity index is 2.22. The monoisotopic (exact) mass is 212 g/mol. The number of terminal acetylenes is 1. The van der Waals surface area contributed by atoms with Crippen molar-refractivity contribution in [2.75, 3.05) is 0 Å². The molecule has 16 heavy (non-hydrogen) atoms. The second-order valence-electron chi connectivity index (χ2n) is 3.20. The van der Waals surface area contributed by atoms with Gasteiger partial charge < -0.3 is 4.74 Å². The highest BCUT2D eigenvalue weighted by molar-refractivity contribution is 5.38. The maximum absolute atomic E-state index is 13.3. The molecule has 78 valence electrons. The fourth-order valence-corrected chi connectivity index (χ4v) is 1.27. The zero-order valence-electron chi connectivity index (χ0n) is 8.48. The van der Waals surface area contributed by atoms with Crippen LogP contribution in [0.1, 0.15) is 5.56 Å². The van der Waals surface area contributed by atoms with Crippen LogP contribution in [0.15, 0.2) is 48.5 Å². The maximum Gasteiger partial charge on any atom is 0.165 e. The Hall–Kier alpha value is -2.27. The van der Waals surface area contributed by atoms with Gasteiger partial charge in [-0.1, -0.05) is 18.1 Å². The molecular formula is C14H9FO. The first-order chi connectivity index (χ1) is 7.79. The molecule has 2 aromatic rings. The maximum atomic E-state index is 13.3. The molecule has 0 N–H and O–H groups in total. The lowest BCUT2D eigenvalue weighted by Crippen LogP contribution is -1.87. The van der Waals surface area contributed by atoms with E-state index >= 15 is 0 Å². The van der Waals surface area contributed by atoms with Gasteiger partial charge in [0.2, 0.25) is 0 Å². The van der Waals surface area contributed by atoms with Crippen molar-refractivity contribution in [3.63, 3.8) is 0 Å². The Morgan fingerprint density at radius 2 is 1.69 bits per heavy atom. The zero-order valence-corrected chi connectivity index (χ0v) is 8.48. The molecule has 0 unspecified atom stereocenters. The highest BCUT2D eigenvalue weighted by atomic mass is 19.1. The molecule has 1 nitrogen and oxygen atoms in total. The summed E-state index contributed by atoms with van der Waals surface area (Å²) >= 11 is 0. The van der Waals surface area contributed by atoms with Crippen LogP contribution in [-0.4, -0.2) is 0 Å². The Morgan fingerprint density at radius 3 is 2.31 bits per heavy atom. The summed E-state index contributed by atoms with van der Waals surface area (Å²) in [5.74, 6) is 2.88. The van der Waals surface area contributed by atoms with E-state index in [4.69, 9.17) is 11.2 Å². The molecule has 0 atom stereocenters. The SMILES string of the molecule is C#Cc1ccc(Oc2ccccc2F)cc1. The first-order valence-corrected chi connectivity index (χ1v) is 4.78. The minimum Gasteiger partial charge on any atom is -0.454 e. The van der Waals surface area contributed by atoms with E-state index in [-0.39, 0.29) is 11.6 Å². The Labute approximate surface area is 93.5 Å². The van der Waals surface area contributed by atoms with E-state index < -0.39 is 0 Å². The molecule has 0 fully saturated rings. The number of para-hydroxylation sites is 1. The van der Waals surface area contributed by atoms with Gasteiger partial charge in [-0.25, -0.2) is 4.39 Å². The third-order valence-corrected chi connectivity index (χ3v) is 2.09. The third kappa shape index (κ3) is 2.21. The second kappa shape index (κ2) is 4.50. The van der Waals surface area contributed by atoms with Gasteiger partial charge in [0, 0.05) is 5.56 Å². The van der Waals surface area contributed by atoms with Crippen molar-refractivity contribution in [2.24, 2.45) is 0 Å². The molecule has 0 aliphatic rings. The molecule has 0 aliphatic heterocycles. The number of halogens is 1.